The summed E-state index contributed by atoms with van der Waals surface area (Å²) >= 11 is 6.88. The number of hydrogen-bond donors (Lipinski definition) is 8. The van der Waals surface area contributed by atoms with Crippen molar-refractivity contribution in [2.24, 2.45) is 63.4 Å². The highest BCUT2D eigenvalue weighted by molar-refractivity contribution is 6.35. The molecule has 4 fully saturated rings. The summed E-state index contributed by atoms with van der Waals surface area (Å²) in [7, 11) is 4.48. The van der Waals surface area contributed by atoms with Crippen LogP contribution < -0.4 is 47.3 Å². The molecule has 2 aromatic carbocycles. The van der Waals surface area contributed by atoms with E-state index in [0.29, 0.717) is 67.0 Å². The number of nitrogens with zero attached hydrogens (tertiary/aromatic N) is 1. The van der Waals surface area contributed by atoms with Gasteiger partial charge in [-0.3, -0.25) is 34.6 Å². The molecule has 8 unspecified atom stereocenters. The van der Waals surface area contributed by atoms with E-state index < -0.39 is 88.8 Å². The average Bonchev–Trinajstić information content (AvgIpc) is 1.45. The van der Waals surface area contributed by atoms with Crippen molar-refractivity contribution < 1.29 is 67.1 Å². The van der Waals surface area contributed by atoms with Crippen LogP contribution in [-0.4, -0.2) is 122 Å². The Hall–Kier alpha value is -6.91. The Morgan fingerprint density at radius 2 is 1.62 bits per heavy atom. The second-order valence-electron chi connectivity index (χ2n) is 28.8. The first-order valence-electron chi connectivity index (χ1n) is 33.7. The number of anilines is 3. The third-order valence-electron chi connectivity index (χ3n) is 22.0. The molecule has 7 rings (SSSR count). The number of ether oxygens (including phenoxy) is 5. The number of hydrogen-bond acceptors (Lipinski definition) is 14. The fourth-order valence-corrected chi connectivity index (χ4v) is 16.3. The maximum Gasteiger partial charge on any atom is 0.411 e. The number of alkyl carbamates (subject to hydrolysis) is 1. The van der Waals surface area contributed by atoms with Gasteiger partial charge in [-0.2, -0.15) is 0 Å². The van der Waals surface area contributed by atoms with Crippen LogP contribution in [0.1, 0.15) is 172 Å². The Morgan fingerprint density at radius 3 is 2.24 bits per heavy atom. The van der Waals surface area contributed by atoms with Crippen LogP contribution in [0.4, 0.5) is 31.4 Å². The number of nitrogens with two attached hydrogens (primary N) is 1. The molecule has 0 spiro atoms. The van der Waals surface area contributed by atoms with Crippen LogP contribution in [0.5, 0.6) is 5.75 Å². The predicted octanol–water partition coefficient (Wildman–Crippen LogP) is 11.3. The maximum atomic E-state index is 14.5. The summed E-state index contributed by atoms with van der Waals surface area (Å²) in [5.74, 6) is -1.21. The second-order valence-corrected chi connectivity index (χ2v) is 29.1. The van der Waals surface area contributed by atoms with Gasteiger partial charge in [0, 0.05) is 50.3 Å². The number of primary amides is 1. The zero-order valence-electron chi connectivity index (χ0n) is 57.9. The molecule has 22 nitrogen and oxygen atoms in total. The number of halogens is 1. The van der Waals surface area contributed by atoms with E-state index in [2.05, 4.69) is 66.5 Å². The molecule has 94 heavy (non-hydrogen) atoms. The number of rotatable bonds is 23. The standard InChI is InChI=1S/C71H105ClN8O14/c1-16-42(6)58-45(9)69(17-2)37-47(36-68(58,69)12)62(84)92-44(8)22-18-19-24-56(81)77-60(40(3)4)61(83)78-70(38-48(70)29-30-74-64(73)86)63(85)75-49-25-27-50(28-26-49)76-65(87)94-55-35-57(82)80(13)52-33-46(34-53(90-14)59(52)72)31-41(5)21-20-23-54(91-15)71(89)39-51(93-66(88)79-71)32-43(7)67(55,10)11/h20-21,23,25-28,33-34,40,42-45,47-48,51,54-55,58,60,89H,16-19,22,24,29-32,35-39H2,1-15H3,(H,75,85)(H,76,87)(H,77,81)(H,78,83)(H,79,88)(H3,73,74,86)/b23-20+,41-21+/t42-,43-,44?,45?,47?,48?,51+,54+,55-,58?,60-,68?,69?,70?,71-/m0/s1. The van der Waals surface area contributed by atoms with Crippen LogP contribution in [0.25, 0.3) is 0 Å². The number of esters is 1. The van der Waals surface area contributed by atoms with Gasteiger partial charge in [0.25, 0.3) is 0 Å². The molecular formula is C71H105ClN8O14. The lowest BCUT2D eigenvalue weighted by Crippen LogP contribution is -2.62. The monoisotopic (exact) mass is 1330 g/mol. The molecular weight excluding hydrogens is 1220 g/mol. The van der Waals surface area contributed by atoms with E-state index >= 15 is 0 Å². The summed E-state index contributed by atoms with van der Waals surface area (Å²) < 4.78 is 29.3. The molecule has 3 aliphatic carbocycles. The van der Waals surface area contributed by atoms with Crippen molar-refractivity contribution in [3.63, 3.8) is 0 Å². The predicted molar refractivity (Wildman–Crippen MR) is 361 cm³/mol. The van der Waals surface area contributed by atoms with Crippen LogP contribution in [0.15, 0.2) is 60.2 Å². The highest BCUT2D eigenvalue weighted by Gasteiger charge is 2.71. The lowest BCUT2D eigenvalue weighted by Gasteiger charge is -2.67. The Kier molecular flexibility index (Phi) is 24.5. The summed E-state index contributed by atoms with van der Waals surface area (Å²) in [6, 6.07) is 8.03. The molecule has 0 radical (unpaired) electrons. The molecule has 2 heterocycles. The first-order chi connectivity index (χ1) is 44.2. The van der Waals surface area contributed by atoms with E-state index in [1.54, 1.807) is 57.3 Å². The van der Waals surface area contributed by atoms with Crippen molar-refractivity contribution >= 4 is 76.5 Å². The van der Waals surface area contributed by atoms with Crippen molar-refractivity contribution in [3.8, 4) is 5.75 Å². The SMILES string of the molecule is CC[C@H](C)C1C(C)C2(CC)CC(C(=O)OC(C)CCCCC(=O)N[C@H](C(=O)NC3(C(=O)Nc4ccc(NC(=O)O[C@H]5CC(=O)N(C)c6cc(cc(OC)c6Cl)C/C(C)=C/C=C/[C@@H](OC)[C@@]6(O)C[C@@H](C[C@H](C)C5(C)C)OC(=O)N6)cc4)CC3CCNC(N)=O)C(C)C)CC12C. The van der Waals surface area contributed by atoms with Crippen molar-refractivity contribution in [2.75, 3.05) is 43.3 Å². The van der Waals surface area contributed by atoms with Gasteiger partial charge in [0.2, 0.25) is 23.6 Å². The minimum Gasteiger partial charge on any atom is -0.495 e. The van der Waals surface area contributed by atoms with Gasteiger partial charge in [-0.05, 0) is 166 Å². The maximum absolute atomic E-state index is 14.5. The van der Waals surface area contributed by atoms with Gasteiger partial charge in [0.15, 0.2) is 5.72 Å². The largest absolute Gasteiger partial charge is 0.495 e. The van der Waals surface area contributed by atoms with Crippen LogP contribution >= 0.6 is 11.6 Å². The smallest absolute Gasteiger partial charge is 0.411 e. The van der Waals surface area contributed by atoms with Crippen LogP contribution in [0.2, 0.25) is 5.02 Å². The molecule has 5 aliphatic rings. The molecule has 0 aromatic heterocycles. The number of benzene rings is 2. The molecule has 520 valence electrons. The third-order valence-corrected chi connectivity index (χ3v) is 22.4. The molecule has 2 aromatic rings. The van der Waals surface area contributed by atoms with Crippen molar-refractivity contribution in [1.29, 1.82) is 0 Å². The summed E-state index contributed by atoms with van der Waals surface area (Å²) in [5.41, 5.74) is 4.00. The van der Waals surface area contributed by atoms with E-state index in [1.165, 1.54) is 31.3 Å². The Bertz CT molecular complexity index is 3160. The van der Waals surface area contributed by atoms with Crippen LogP contribution in [0.3, 0.4) is 0 Å². The van der Waals surface area contributed by atoms with Crippen LogP contribution in [0, 0.1) is 57.7 Å². The summed E-state index contributed by atoms with van der Waals surface area (Å²) in [6.07, 6.45) is 6.83. The van der Waals surface area contributed by atoms with Gasteiger partial charge in [-0.1, -0.05) is 111 Å². The average molecular weight is 1330 g/mol. The highest BCUT2D eigenvalue weighted by atomic mass is 35.5. The quantitative estimate of drug-likeness (QED) is 0.0292. The number of aliphatic hydroxyl groups is 1. The van der Waals surface area contributed by atoms with E-state index in [1.807, 2.05) is 40.7 Å². The zero-order chi connectivity index (χ0) is 69.4. The number of amides is 8. The van der Waals surface area contributed by atoms with Crippen molar-refractivity contribution in [3.05, 3.63) is 70.8 Å². The van der Waals surface area contributed by atoms with Gasteiger partial charge in [0.05, 0.1) is 31.2 Å². The third kappa shape index (κ3) is 16.7. The van der Waals surface area contributed by atoms with E-state index in [0.717, 1.165) is 36.8 Å². The number of allylic oxidation sites excluding steroid dienone is 3. The van der Waals surface area contributed by atoms with Gasteiger partial charge in [-0.25, -0.2) is 14.4 Å². The van der Waals surface area contributed by atoms with E-state index in [9.17, 15) is 43.5 Å². The van der Waals surface area contributed by atoms with E-state index in [4.69, 9.17) is 41.0 Å². The number of methoxy groups -OCH3 is 2. The van der Waals surface area contributed by atoms with Gasteiger partial charge in [-0.15, -0.1) is 0 Å². The number of fused-ring (bicyclic) bond motifs is 5. The Labute approximate surface area is 560 Å². The van der Waals surface area contributed by atoms with Gasteiger partial charge in [0.1, 0.15) is 40.7 Å². The normalized spacial score (nSPS) is 30.8. The minimum atomic E-state index is -1.85. The Morgan fingerprint density at radius 1 is 0.936 bits per heavy atom. The molecule has 4 bridgehead atoms. The molecule has 23 heteroatoms. The minimum absolute atomic E-state index is 0.0508. The molecule has 8 amide bonds. The molecule has 3 saturated carbocycles. The number of carbonyl (C=O) groups is 8. The second kappa shape index (κ2) is 30.9. The molecule has 2 aliphatic heterocycles. The zero-order valence-corrected chi connectivity index (χ0v) is 58.6. The molecule has 15 atom stereocenters. The molecule has 9 N–H and O–H groups in total. The lowest BCUT2D eigenvalue weighted by atomic mass is 9.37. The first-order valence-corrected chi connectivity index (χ1v) is 34.0. The highest BCUT2D eigenvalue weighted by Crippen LogP contribution is 2.76. The molecule has 1 saturated heterocycles. The van der Waals surface area contributed by atoms with E-state index in [-0.39, 0.29) is 90.0 Å². The summed E-state index contributed by atoms with van der Waals surface area (Å²) in [6.45, 7) is 24.7. The van der Waals surface area contributed by atoms with Crippen molar-refractivity contribution in [2.45, 2.75) is 215 Å². The Balaban J connectivity index is 0.987. The van der Waals surface area contributed by atoms with Crippen LogP contribution in [-0.2, 0) is 49.3 Å². The number of carbonyl (C=O) groups excluding carboxylic acids is 8. The lowest BCUT2D eigenvalue weighted by molar-refractivity contribution is -0.193. The van der Waals surface area contributed by atoms with Gasteiger partial charge >= 0.3 is 24.2 Å². The first kappa shape index (κ1) is 74.5. The number of unbranched alkanes of at least 4 members (excludes halogenated alkanes) is 1. The van der Waals surface area contributed by atoms with Crippen molar-refractivity contribution in [1.82, 2.24) is 21.3 Å². The topological polar surface area (TPSA) is 304 Å². The van der Waals surface area contributed by atoms with Gasteiger partial charge < -0.3 is 60.7 Å². The summed E-state index contributed by atoms with van der Waals surface area (Å²) in [4.78, 5) is 111. The fraction of sp³-hybridized carbons (Fsp3) is 0.662. The fourth-order valence-electron chi connectivity index (χ4n) is 16.0. The number of nitrogens with one attached hydrogen (secondary N) is 6. The summed E-state index contributed by atoms with van der Waals surface area (Å²) in [5, 5.41) is 28.7. The number of urea groups is 1.